The molecule has 0 saturated carbocycles. The highest BCUT2D eigenvalue weighted by Gasteiger charge is 2.16. The van der Waals surface area contributed by atoms with Crippen LogP contribution in [-0.2, 0) is 11.3 Å². The maximum atomic E-state index is 5.78. The van der Waals surface area contributed by atoms with Gasteiger partial charge in [0, 0.05) is 9.35 Å². The van der Waals surface area contributed by atoms with Crippen molar-refractivity contribution in [3.05, 3.63) is 20.8 Å². The minimum atomic E-state index is -0.0105. The molecule has 13 heavy (non-hydrogen) atoms. The van der Waals surface area contributed by atoms with E-state index in [2.05, 4.69) is 48.1 Å². The monoisotopic (exact) mass is 262 g/mol. The highest BCUT2D eigenvalue weighted by atomic mass is 79.9. The van der Waals surface area contributed by atoms with Gasteiger partial charge < -0.3 is 4.74 Å². The first kappa shape index (κ1) is 11.2. The predicted molar refractivity (Wildman–Crippen MR) is 61.2 cm³/mol. The summed E-state index contributed by atoms with van der Waals surface area (Å²) in [5.74, 6) is 0. The Morgan fingerprint density at radius 1 is 1.54 bits per heavy atom. The molecule has 0 radical (unpaired) electrons. The van der Waals surface area contributed by atoms with Crippen molar-refractivity contribution in [1.29, 1.82) is 0 Å². The van der Waals surface area contributed by atoms with Crippen molar-refractivity contribution >= 4 is 27.3 Å². The van der Waals surface area contributed by atoms with Crippen molar-refractivity contribution in [3.63, 3.8) is 0 Å². The number of hydrogen-bond donors (Lipinski definition) is 0. The van der Waals surface area contributed by atoms with Gasteiger partial charge in [-0.3, -0.25) is 0 Å². The van der Waals surface area contributed by atoms with E-state index in [1.807, 2.05) is 0 Å². The Morgan fingerprint density at radius 2 is 2.23 bits per heavy atom. The number of thiophene rings is 1. The molecule has 0 aliphatic heterocycles. The third-order valence-corrected chi connectivity index (χ3v) is 4.04. The Hall–Kier alpha value is 0.140. The van der Waals surface area contributed by atoms with E-state index in [9.17, 15) is 0 Å². The highest BCUT2D eigenvalue weighted by Crippen LogP contribution is 2.25. The molecule has 0 aromatic carbocycles. The van der Waals surface area contributed by atoms with Gasteiger partial charge in [-0.25, -0.2) is 0 Å². The lowest BCUT2D eigenvalue weighted by Crippen LogP contribution is -2.22. The van der Waals surface area contributed by atoms with Gasteiger partial charge in [0.05, 0.1) is 12.2 Å². The molecule has 0 N–H and O–H groups in total. The van der Waals surface area contributed by atoms with Gasteiger partial charge in [-0.05, 0) is 47.6 Å². The first-order valence-electron chi connectivity index (χ1n) is 4.41. The second kappa shape index (κ2) is 4.58. The fourth-order valence-corrected chi connectivity index (χ4v) is 2.17. The van der Waals surface area contributed by atoms with Crippen molar-refractivity contribution in [2.24, 2.45) is 0 Å². The molecule has 0 bridgehead atoms. The molecule has 3 heteroatoms. The highest BCUT2D eigenvalue weighted by molar-refractivity contribution is 9.10. The maximum Gasteiger partial charge on any atom is 0.0827 e. The Balaban J connectivity index is 2.48. The fraction of sp³-hybridized carbons (Fsp3) is 0.600. The molecule has 0 spiro atoms. The Bertz CT molecular complexity index is 268. The topological polar surface area (TPSA) is 9.23 Å². The van der Waals surface area contributed by atoms with Crippen LogP contribution >= 0.6 is 27.3 Å². The second-order valence-electron chi connectivity index (χ2n) is 3.59. The van der Waals surface area contributed by atoms with Crippen LogP contribution in [0.15, 0.2) is 15.9 Å². The molecule has 1 nitrogen and oxygen atoms in total. The summed E-state index contributed by atoms with van der Waals surface area (Å²) in [5.41, 5.74) is -0.0105. The number of halogens is 1. The largest absolute Gasteiger partial charge is 0.370 e. The summed E-state index contributed by atoms with van der Waals surface area (Å²) < 4.78 is 6.94. The van der Waals surface area contributed by atoms with E-state index in [0.717, 1.165) is 10.9 Å². The summed E-state index contributed by atoms with van der Waals surface area (Å²) in [7, 11) is 0. The third kappa shape index (κ3) is 3.41. The Labute approximate surface area is 92.2 Å². The molecule has 1 aromatic rings. The lowest BCUT2D eigenvalue weighted by molar-refractivity contribution is -0.0306. The summed E-state index contributed by atoms with van der Waals surface area (Å²) in [6, 6.07) is 2.06. The average molecular weight is 263 g/mol. The zero-order valence-electron chi connectivity index (χ0n) is 8.26. The van der Waals surface area contributed by atoms with Crippen LogP contribution in [-0.4, -0.2) is 5.60 Å². The van der Waals surface area contributed by atoms with E-state index in [0.29, 0.717) is 6.61 Å². The van der Waals surface area contributed by atoms with E-state index in [1.165, 1.54) is 4.88 Å². The van der Waals surface area contributed by atoms with Crippen LogP contribution < -0.4 is 0 Å². The molecule has 0 fully saturated rings. The summed E-state index contributed by atoms with van der Waals surface area (Å²) in [5, 5.41) is 2.07. The summed E-state index contributed by atoms with van der Waals surface area (Å²) >= 11 is 5.22. The molecule has 1 aromatic heterocycles. The van der Waals surface area contributed by atoms with Crippen molar-refractivity contribution in [2.45, 2.75) is 39.4 Å². The smallest absolute Gasteiger partial charge is 0.0827 e. The van der Waals surface area contributed by atoms with Gasteiger partial charge in [-0.2, -0.15) is 0 Å². The molecular formula is C10H15BrOS. The molecule has 1 rings (SSSR count). The predicted octanol–water partition coefficient (Wildman–Crippen LogP) is 4.22. The van der Waals surface area contributed by atoms with Crippen molar-refractivity contribution in [2.75, 3.05) is 0 Å². The van der Waals surface area contributed by atoms with E-state index in [-0.39, 0.29) is 5.60 Å². The Morgan fingerprint density at radius 3 is 2.69 bits per heavy atom. The van der Waals surface area contributed by atoms with Gasteiger partial charge in [0.15, 0.2) is 0 Å². The SMILES string of the molecule is CCC(C)(C)OCc1sccc1Br. The third-order valence-electron chi connectivity index (χ3n) is 2.14. The van der Waals surface area contributed by atoms with E-state index in [1.54, 1.807) is 11.3 Å². The normalized spacial score (nSPS) is 12.0. The maximum absolute atomic E-state index is 5.78. The van der Waals surface area contributed by atoms with Gasteiger partial charge in [0.2, 0.25) is 0 Å². The van der Waals surface area contributed by atoms with E-state index < -0.39 is 0 Å². The van der Waals surface area contributed by atoms with Gasteiger partial charge in [0.25, 0.3) is 0 Å². The molecule has 74 valence electrons. The van der Waals surface area contributed by atoms with Crippen LogP contribution in [0, 0.1) is 0 Å². The summed E-state index contributed by atoms with van der Waals surface area (Å²) in [6.45, 7) is 7.09. The van der Waals surface area contributed by atoms with Crippen molar-refractivity contribution < 1.29 is 4.74 Å². The summed E-state index contributed by atoms with van der Waals surface area (Å²) in [6.07, 6.45) is 1.04. The Kier molecular flexibility index (Phi) is 3.95. The van der Waals surface area contributed by atoms with Gasteiger partial charge in [-0.1, -0.05) is 6.92 Å². The van der Waals surface area contributed by atoms with E-state index >= 15 is 0 Å². The quantitative estimate of drug-likeness (QED) is 0.790. The molecule has 0 saturated heterocycles. The van der Waals surface area contributed by atoms with Crippen LogP contribution in [0.25, 0.3) is 0 Å². The molecule has 0 aliphatic carbocycles. The van der Waals surface area contributed by atoms with Crippen molar-refractivity contribution in [3.8, 4) is 0 Å². The summed E-state index contributed by atoms with van der Waals surface area (Å²) in [4.78, 5) is 1.27. The minimum absolute atomic E-state index is 0.0105. The zero-order valence-corrected chi connectivity index (χ0v) is 10.7. The number of rotatable bonds is 4. The van der Waals surface area contributed by atoms with Crippen LogP contribution in [0.5, 0.6) is 0 Å². The van der Waals surface area contributed by atoms with Crippen LogP contribution in [0.3, 0.4) is 0 Å². The van der Waals surface area contributed by atoms with Gasteiger partial charge in [0.1, 0.15) is 0 Å². The molecule has 0 aliphatic rings. The molecule has 1 heterocycles. The first-order valence-corrected chi connectivity index (χ1v) is 6.08. The van der Waals surface area contributed by atoms with Crippen LogP contribution in [0.4, 0.5) is 0 Å². The lowest BCUT2D eigenvalue weighted by atomic mass is 10.1. The fourth-order valence-electron chi connectivity index (χ4n) is 0.791. The molecule has 0 atom stereocenters. The van der Waals surface area contributed by atoms with Crippen LogP contribution in [0.2, 0.25) is 0 Å². The number of ether oxygens (including phenoxy) is 1. The van der Waals surface area contributed by atoms with Gasteiger partial charge >= 0.3 is 0 Å². The average Bonchev–Trinajstić information content (AvgIpc) is 2.48. The van der Waals surface area contributed by atoms with Crippen molar-refractivity contribution in [1.82, 2.24) is 0 Å². The molecular weight excluding hydrogens is 248 g/mol. The minimum Gasteiger partial charge on any atom is -0.370 e. The lowest BCUT2D eigenvalue weighted by Gasteiger charge is -2.23. The first-order chi connectivity index (χ1) is 6.05. The number of hydrogen-bond acceptors (Lipinski definition) is 2. The van der Waals surface area contributed by atoms with Crippen LogP contribution in [0.1, 0.15) is 32.1 Å². The zero-order chi connectivity index (χ0) is 9.90. The molecule has 0 amide bonds. The second-order valence-corrected chi connectivity index (χ2v) is 5.45. The molecule has 0 unspecified atom stereocenters. The standard InChI is InChI=1S/C10H15BrOS/c1-4-10(2,3)12-7-9-8(11)5-6-13-9/h5-6H,4,7H2,1-3H3. The van der Waals surface area contributed by atoms with E-state index in [4.69, 9.17) is 4.74 Å². The van der Waals surface area contributed by atoms with Gasteiger partial charge in [-0.15, -0.1) is 11.3 Å².